The third kappa shape index (κ3) is 5.49. The first-order chi connectivity index (χ1) is 16.6. The molecule has 1 aromatic heterocycles. The number of halogens is 1. The summed E-state index contributed by atoms with van der Waals surface area (Å²) in [7, 11) is 0. The average molecular weight is 474 g/mol. The minimum Gasteiger partial charge on any atom is -0.493 e. The number of rotatable bonds is 10. The zero-order valence-electron chi connectivity index (χ0n) is 19.2. The molecule has 1 heterocycles. The standard InChI is InChI=1S/C28H28ClN3O2/c1-3-10-21-11-4-7-16-26(21)34-18-9-17-32-25-15-6-5-14-24(25)31-27(32)20(2)30-28(33)22-12-8-13-23(29)19-22/h3-8,11-16,19-20H,1,9-10,17-18H2,2H3,(H,30,33). The molecule has 0 radical (unpaired) electrons. The number of nitrogens with one attached hydrogen (secondary N) is 1. The summed E-state index contributed by atoms with van der Waals surface area (Å²) < 4.78 is 8.23. The van der Waals surface area contributed by atoms with Crippen molar-refractivity contribution in [1.29, 1.82) is 0 Å². The number of imidazole rings is 1. The van der Waals surface area contributed by atoms with Gasteiger partial charge in [-0.3, -0.25) is 4.79 Å². The third-order valence-electron chi connectivity index (χ3n) is 5.63. The number of aromatic nitrogens is 2. The lowest BCUT2D eigenvalue weighted by Crippen LogP contribution is -2.28. The van der Waals surface area contributed by atoms with E-state index in [1.54, 1.807) is 24.3 Å². The van der Waals surface area contributed by atoms with Crippen LogP contribution < -0.4 is 10.1 Å². The number of aryl methyl sites for hydroxylation is 1. The van der Waals surface area contributed by atoms with Crippen LogP contribution in [0.25, 0.3) is 11.0 Å². The molecule has 0 fully saturated rings. The monoisotopic (exact) mass is 473 g/mol. The lowest BCUT2D eigenvalue weighted by molar-refractivity contribution is 0.0937. The molecule has 4 aromatic rings. The summed E-state index contributed by atoms with van der Waals surface area (Å²) in [5.41, 5.74) is 3.59. The number of benzene rings is 3. The Morgan fingerprint density at radius 1 is 1.15 bits per heavy atom. The number of hydrogen-bond acceptors (Lipinski definition) is 3. The first-order valence-corrected chi connectivity index (χ1v) is 11.8. The number of fused-ring (bicyclic) bond motifs is 1. The van der Waals surface area contributed by atoms with Crippen molar-refractivity contribution in [2.75, 3.05) is 6.61 Å². The van der Waals surface area contributed by atoms with Crippen molar-refractivity contribution in [3.8, 4) is 5.75 Å². The van der Waals surface area contributed by atoms with Crippen LogP contribution in [-0.2, 0) is 13.0 Å². The highest BCUT2D eigenvalue weighted by Crippen LogP contribution is 2.23. The molecule has 4 rings (SSSR count). The number of para-hydroxylation sites is 3. The molecule has 1 unspecified atom stereocenters. The second-order valence-electron chi connectivity index (χ2n) is 8.12. The molecule has 174 valence electrons. The van der Waals surface area contributed by atoms with Gasteiger partial charge < -0.3 is 14.6 Å². The molecule has 3 aromatic carbocycles. The summed E-state index contributed by atoms with van der Waals surface area (Å²) in [5, 5.41) is 3.59. The fraction of sp³-hybridized carbons (Fsp3) is 0.214. The molecule has 34 heavy (non-hydrogen) atoms. The van der Waals surface area contributed by atoms with E-state index >= 15 is 0 Å². The van der Waals surface area contributed by atoms with Gasteiger partial charge in [0.15, 0.2) is 0 Å². The molecule has 6 heteroatoms. The molecular formula is C28H28ClN3O2. The van der Waals surface area contributed by atoms with Crippen LogP contribution >= 0.6 is 11.6 Å². The van der Waals surface area contributed by atoms with Crippen LogP contribution in [0.2, 0.25) is 5.02 Å². The predicted molar refractivity (Wildman–Crippen MR) is 138 cm³/mol. The normalized spacial score (nSPS) is 11.8. The maximum absolute atomic E-state index is 12.8. The number of carbonyl (C=O) groups is 1. The molecule has 1 atom stereocenters. The number of allylic oxidation sites excluding steroid dienone is 1. The van der Waals surface area contributed by atoms with Gasteiger partial charge in [-0.05, 0) is 61.7 Å². The van der Waals surface area contributed by atoms with Crippen LogP contribution in [-0.4, -0.2) is 22.1 Å². The zero-order valence-corrected chi connectivity index (χ0v) is 20.0. The third-order valence-corrected chi connectivity index (χ3v) is 5.86. The van der Waals surface area contributed by atoms with Crippen molar-refractivity contribution in [1.82, 2.24) is 14.9 Å². The van der Waals surface area contributed by atoms with Gasteiger partial charge in [0.1, 0.15) is 11.6 Å². The smallest absolute Gasteiger partial charge is 0.251 e. The molecule has 0 aliphatic carbocycles. The quantitative estimate of drug-likeness (QED) is 0.215. The Labute approximate surface area is 205 Å². The van der Waals surface area contributed by atoms with Gasteiger partial charge in [-0.15, -0.1) is 6.58 Å². The summed E-state index contributed by atoms with van der Waals surface area (Å²) in [4.78, 5) is 17.6. The highest BCUT2D eigenvalue weighted by molar-refractivity contribution is 6.30. The van der Waals surface area contributed by atoms with Gasteiger partial charge >= 0.3 is 0 Å². The van der Waals surface area contributed by atoms with Gasteiger partial charge in [-0.1, -0.05) is 54.1 Å². The van der Waals surface area contributed by atoms with Crippen molar-refractivity contribution >= 4 is 28.5 Å². The van der Waals surface area contributed by atoms with E-state index in [4.69, 9.17) is 21.3 Å². The van der Waals surface area contributed by atoms with E-state index in [0.29, 0.717) is 17.2 Å². The van der Waals surface area contributed by atoms with Crippen LogP contribution in [0.1, 0.15) is 41.1 Å². The number of amides is 1. The van der Waals surface area contributed by atoms with E-state index in [1.807, 2.05) is 49.4 Å². The van der Waals surface area contributed by atoms with Gasteiger partial charge in [0.25, 0.3) is 5.91 Å². The molecule has 0 spiro atoms. The van der Waals surface area contributed by atoms with Crippen molar-refractivity contribution in [2.45, 2.75) is 32.4 Å². The number of carbonyl (C=O) groups excluding carboxylic acids is 1. The molecule has 0 bridgehead atoms. The topological polar surface area (TPSA) is 56.1 Å². The number of ether oxygens (including phenoxy) is 1. The Balaban J connectivity index is 1.48. The summed E-state index contributed by atoms with van der Waals surface area (Å²) in [5.74, 6) is 1.51. The average Bonchev–Trinajstić information content (AvgIpc) is 3.22. The predicted octanol–water partition coefficient (Wildman–Crippen LogP) is 6.38. The molecular weight excluding hydrogens is 446 g/mol. The Hall–Kier alpha value is -3.57. The molecule has 0 saturated carbocycles. The summed E-state index contributed by atoms with van der Waals surface area (Å²) in [6.45, 7) is 7.06. The van der Waals surface area contributed by atoms with Crippen LogP contribution in [0, 0.1) is 0 Å². The summed E-state index contributed by atoms with van der Waals surface area (Å²) in [6.07, 6.45) is 3.45. The molecule has 0 aliphatic rings. The van der Waals surface area contributed by atoms with E-state index < -0.39 is 0 Å². The highest BCUT2D eigenvalue weighted by atomic mass is 35.5. The van der Waals surface area contributed by atoms with Crippen LogP contribution in [0.3, 0.4) is 0 Å². The second-order valence-corrected chi connectivity index (χ2v) is 8.55. The van der Waals surface area contributed by atoms with Gasteiger partial charge in [0, 0.05) is 17.1 Å². The first kappa shape index (κ1) is 23.6. The van der Waals surface area contributed by atoms with Gasteiger partial charge in [0.05, 0.1) is 23.7 Å². The van der Waals surface area contributed by atoms with E-state index in [-0.39, 0.29) is 11.9 Å². The van der Waals surface area contributed by atoms with E-state index in [2.05, 4.69) is 28.6 Å². The van der Waals surface area contributed by atoms with Crippen molar-refractivity contribution < 1.29 is 9.53 Å². The van der Waals surface area contributed by atoms with Crippen molar-refractivity contribution in [2.24, 2.45) is 0 Å². The Morgan fingerprint density at radius 2 is 1.94 bits per heavy atom. The Kier molecular flexibility index (Phi) is 7.65. The number of nitrogens with zero attached hydrogens (tertiary/aromatic N) is 2. The molecule has 1 N–H and O–H groups in total. The second kappa shape index (κ2) is 11.0. The first-order valence-electron chi connectivity index (χ1n) is 11.4. The van der Waals surface area contributed by atoms with Crippen LogP contribution in [0.5, 0.6) is 5.75 Å². The largest absolute Gasteiger partial charge is 0.493 e. The lowest BCUT2D eigenvalue weighted by atomic mass is 10.1. The van der Waals surface area contributed by atoms with E-state index in [0.717, 1.165) is 47.6 Å². The van der Waals surface area contributed by atoms with E-state index in [1.165, 1.54) is 0 Å². The van der Waals surface area contributed by atoms with Crippen LogP contribution in [0.15, 0.2) is 85.5 Å². The Morgan fingerprint density at radius 3 is 2.76 bits per heavy atom. The fourth-order valence-electron chi connectivity index (χ4n) is 4.01. The van der Waals surface area contributed by atoms with E-state index in [9.17, 15) is 4.79 Å². The van der Waals surface area contributed by atoms with Gasteiger partial charge in [0.2, 0.25) is 0 Å². The maximum atomic E-state index is 12.8. The SMILES string of the molecule is C=CCc1ccccc1OCCCn1c(C(C)NC(=O)c2cccc(Cl)c2)nc2ccccc21. The Bertz CT molecular complexity index is 1300. The number of hydrogen-bond donors (Lipinski definition) is 1. The maximum Gasteiger partial charge on any atom is 0.251 e. The van der Waals surface area contributed by atoms with Crippen LogP contribution in [0.4, 0.5) is 0 Å². The van der Waals surface area contributed by atoms with Crippen molar-refractivity contribution in [3.63, 3.8) is 0 Å². The molecule has 1 amide bonds. The van der Waals surface area contributed by atoms with Gasteiger partial charge in [-0.2, -0.15) is 0 Å². The van der Waals surface area contributed by atoms with Gasteiger partial charge in [-0.25, -0.2) is 4.98 Å². The molecule has 5 nitrogen and oxygen atoms in total. The minimum absolute atomic E-state index is 0.184. The highest BCUT2D eigenvalue weighted by Gasteiger charge is 2.19. The van der Waals surface area contributed by atoms with Crippen molar-refractivity contribution in [3.05, 3.63) is 107 Å². The zero-order chi connectivity index (χ0) is 23.9. The lowest BCUT2D eigenvalue weighted by Gasteiger charge is -2.17. The summed E-state index contributed by atoms with van der Waals surface area (Å²) >= 11 is 6.05. The summed E-state index contributed by atoms with van der Waals surface area (Å²) in [6, 6.07) is 22.7. The minimum atomic E-state index is -0.284. The fourth-order valence-corrected chi connectivity index (χ4v) is 4.20. The molecule has 0 aliphatic heterocycles. The molecule has 0 saturated heterocycles.